The van der Waals surface area contributed by atoms with Crippen molar-refractivity contribution in [2.75, 3.05) is 21.3 Å². The van der Waals surface area contributed by atoms with Crippen molar-refractivity contribution in [2.45, 2.75) is 6.61 Å². The molecule has 0 aromatic heterocycles. The quantitative estimate of drug-likeness (QED) is 0.374. The van der Waals surface area contributed by atoms with Gasteiger partial charge in [-0.1, -0.05) is 42.5 Å². The molecule has 0 amide bonds. The van der Waals surface area contributed by atoms with E-state index < -0.39 is 5.78 Å². The smallest absolute Gasteiger partial charge is 0.204 e. The van der Waals surface area contributed by atoms with Crippen LogP contribution in [-0.2, 0) is 6.61 Å². The predicted molar refractivity (Wildman–Crippen MR) is 120 cm³/mol. The summed E-state index contributed by atoms with van der Waals surface area (Å²) in [6, 6.07) is 15.5. The van der Waals surface area contributed by atoms with Crippen LogP contribution < -0.4 is 18.9 Å². The number of phenolic OH excluding ortho intramolecular Hbond substituents is 2. The van der Waals surface area contributed by atoms with Gasteiger partial charge in [-0.05, 0) is 29.3 Å². The molecule has 0 unspecified atom stereocenters. The number of carbonyl (C=O) groups is 1. The number of ketones is 1. The third-order valence-corrected chi connectivity index (χ3v) is 4.70. The van der Waals surface area contributed by atoms with Crippen molar-refractivity contribution in [1.82, 2.24) is 0 Å². The zero-order chi connectivity index (χ0) is 23.1. The number of aromatic hydroxyl groups is 2. The molecule has 7 nitrogen and oxygen atoms in total. The highest BCUT2D eigenvalue weighted by Gasteiger charge is 2.24. The number of ether oxygens (including phenoxy) is 4. The molecule has 0 heterocycles. The molecular formula is C25H24O7. The van der Waals surface area contributed by atoms with Crippen LogP contribution in [0.4, 0.5) is 0 Å². The first kappa shape index (κ1) is 22.6. The van der Waals surface area contributed by atoms with Gasteiger partial charge in [-0.2, -0.15) is 0 Å². The molecule has 3 rings (SSSR count). The molecule has 0 atom stereocenters. The second kappa shape index (κ2) is 10.3. The predicted octanol–water partition coefficient (Wildman–Crippen LogP) is 4.60. The summed E-state index contributed by atoms with van der Waals surface area (Å²) < 4.78 is 21.6. The van der Waals surface area contributed by atoms with Crippen LogP contribution in [0.2, 0.25) is 0 Å². The van der Waals surface area contributed by atoms with E-state index >= 15 is 0 Å². The number of hydrogen-bond donors (Lipinski definition) is 2. The fourth-order valence-electron chi connectivity index (χ4n) is 3.14. The molecule has 0 aliphatic rings. The van der Waals surface area contributed by atoms with Gasteiger partial charge in [0.25, 0.3) is 0 Å². The highest BCUT2D eigenvalue weighted by Crippen LogP contribution is 2.45. The normalized spacial score (nSPS) is 10.7. The number of benzene rings is 3. The van der Waals surface area contributed by atoms with Crippen LogP contribution >= 0.6 is 0 Å². The second-order valence-electron chi connectivity index (χ2n) is 6.74. The van der Waals surface area contributed by atoms with Crippen LogP contribution in [0.5, 0.6) is 34.5 Å². The second-order valence-corrected chi connectivity index (χ2v) is 6.74. The van der Waals surface area contributed by atoms with E-state index in [0.29, 0.717) is 11.3 Å². The summed E-state index contributed by atoms with van der Waals surface area (Å²) in [5, 5.41) is 20.5. The SMILES string of the molecule is COc1ccc(C=CC(=O)c2c(O)cc(OCc3ccccc3)c(OC)c2OC)cc1O. The van der Waals surface area contributed by atoms with E-state index in [1.165, 1.54) is 45.6 Å². The lowest BCUT2D eigenvalue weighted by Crippen LogP contribution is -2.05. The Hall–Kier alpha value is -4.13. The molecule has 3 aromatic carbocycles. The minimum Gasteiger partial charge on any atom is -0.507 e. The Morgan fingerprint density at radius 2 is 1.56 bits per heavy atom. The fourth-order valence-corrected chi connectivity index (χ4v) is 3.14. The average molecular weight is 436 g/mol. The maximum absolute atomic E-state index is 12.9. The molecule has 3 aromatic rings. The maximum Gasteiger partial charge on any atom is 0.204 e. The summed E-state index contributed by atoms with van der Waals surface area (Å²) in [4.78, 5) is 12.9. The molecule has 0 aliphatic carbocycles. The Morgan fingerprint density at radius 1 is 0.844 bits per heavy atom. The molecule has 7 heteroatoms. The molecule has 0 fully saturated rings. The Bertz CT molecular complexity index is 1120. The zero-order valence-electron chi connectivity index (χ0n) is 18.0. The molecule has 0 radical (unpaired) electrons. The van der Waals surface area contributed by atoms with Crippen molar-refractivity contribution in [3.05, 3.63) is 77.4 Å². The van der Waals surface area contributed by atoms with Gasteiger partial charge in [0.05, 0.1) is 21.3 Å². The molecule has 0 aliphatic heterocycles. The van der Waals surface area contributed by atoms with E-state index in [4.69, 9.17) is 18.9 Å². The molecule has 0 spiro atoms. The van der Waals surface area contributed by atoms with Crippen LogP contribution in [0.15, 0.2) is 60.7 Å². The molecule has 0 saturated heterocycles. The van der Waals surface area contributed by atoms with E-state index in [0.717, 1.165) is 5.56 Å². The van der Waals surface area contributed by atoms with E-state index in [1.54, 1.807) is 12.1 Å². The number of methoxy groups -OCH3 is 3. The first-order valence-electron chi connectivity index (χ1n) is 9.72. The van der Waals surface area contributed by atoms with E-state index in [2.05, 4.69) is 0 Å². The highest BCUT2D eigenvalue weighted by molar-refractivity contribution is 6.11. The van der Waals surface area contributed by atoms with Crippen molar-refractivity contribution < 1.29 is 34.0 Å². The molecule has 166 valence electrons. The van der Waals surface area contributed by atoms with Crippen molar-refractivity contribution in [2.24, 2.45) is 0 Å². The van der Waals surface area contributed by atoms with Crippen LogP contribution in [-0.4, -0.2) is 37.3 Å². The molecular weight excluding hydrogens is 412 g/mol. The third kappa shape index (κ3) is 4.95. The highest BCUT2D eigenvalue weighted by atomic mass is 16.5. The van der Waals surface area contributed by atoms with Gasteiger partial charge in [0.1, 0.15) is 17.9 Å². The maximum atomic E-state index is 12.9. The van der Waals surface area contributed by atoms with Crippen molar-refractivity contribution in [3.63, 3.8) is 0 Å². The topological polar surface area (TPSA) is 94.5 Å². The van der Waals surface area contributed by atoms with Crippen LogP contribution in [0.1, 0.15) is 21.5 Å². The Balaban J connectivity index is 1.90. The van der Waals surface area contributed by atoms with Gasteiger partial charge < -0.3 is 29.2 Å². The van der Waals surface area contributed by atoms with Gasteiger partial charge in [-0.25, -0.2) is 0 Å². The van der Waals surface area contributed by atoms with Gasteiger partial charge in [0, 0.05) is 6.07 Å². The molecule has 0 bridgehead atoms. The van der Waals surface area contributed by atoms with Gasteiger partial charge in [-0.15, -0.1) is 0 Å². The standard InChI is InChI=1S/C25H24O7/c1-29-21-12-10-16(13-19(21)27)9-11-18(26)23-20(28)14-22(24(30-2)25(23)31-3)32-15-17-7-5-4-6-8-17/h4-14,27-28H,15H2,1-3H3. The Labute approximate surface area is 186 Å². The molecule has 0 saturated carbocycles. The van der Waals surface area contributed by atoms with Crippen molar-refractivity contribution in [3.8, 4) is 34.5 Å². The van der Waals surface area contributed by atoms with E-state index in [1.807, 2.05) is 30.3 Å². The summed E-state index contributed by atoms with van der Waals surface area (Å²) in [5.41, 5.74) is 1.44. The van der Waals surface area contributed by atoms with Crippen LogP contribution in [0, 0.1) is 0 Å². The fraction of sp³-hybridized carbons (Fsp3) is 0.160. The van der Waals surface area contributed by atoms with Gasteiger partial charge >= 0.3 is 0 Å². The largest absolute Gasteiger partial charge is 0.507 e. The first-order valence-corrected chi connectivity index (χ1v) is 9.72. The summed E-state index contributed by atoms with van der Waals surface area (Å²) in [6.07, 6.45) is 2.77. The lowest BCUT2D eigenvalue weighted by atomic mass is 10.0. The van der Waals surface area contributed by atoms with Crippen LogP contribution in [0.3, 0.4) is 0 Å². The van der Waals surface area contributed by atoms with E-state index in [-0.39, 0.29) is 40.9 Å². The number of rotatable bonds is 9. The summed E-state index contributed by atoms with van der Waals surface area (Å²) in [6.45, 7) is 0.244. The lowest BCUT2D eigenvalue weighted by Gasteiger charge is -2.17. The average Bonchev–Trinajstić information content (AvgIpc) is 2.81. The monoisotopic (exact) mass is 436 g/mol. The van der Waals surface area contributed by atoms with Gasteiger partial charge in [-0.3, -0.25) is 4.79 Å². The lowest BCUT2D eigenvalue weighted by molar-refractivity contribution is 0.104. The number of allylic oxidation sites excluding steroid dienone is 1. The molecule has 32 heavy (non-hydrogen) atoms. The Kier molecular flexibility index (Phi) is 7.23. The summed E-state index contributed by atoms with van der Waals surface area (Å²) in [7, 11) is 4.25. The minimum atomic E-state index is -0.512. The Morgan fingerprint density at radius 3 is 2.19 bits per heavy atom. The van der Waals surface area contributed by atoms with Crippen molar-refractivity contribution in [1.29, 1.82) is 0 Å². The van der Waals surface area contributed by atoms with Gasteiger partial charge in [0.2, 0.25) is 5.75 Å². The number of phenols is 2. The molecule has 2 N–H and O–H groups in total. The van der Waals surface area contributed by atoms with Crippen LogP contribution in [0.25, 0.3) is 6.08 Å². The summed E-state index contributed by atoms with van der Waals surface area (Å²) in [5.74, 6) is -0.0533. The first-order chi connectivity index (χ1) is 15.5. The summed E-state index contributed by atoms with van der Waals surface area (Å²) >= 11 is 0. The minimum absolute atomic E-state index is 0.0517. The van der Waals surface area contributed by atoms with Crippen molar-refractivity contribution >= 4 is 11.9 Å². The zero-order valence-corrected chi connectivity index (χ0v) is 18.0. The number of carbonyl (C=O) groups excluding carboxylic acids is 1. The van der Waals surface area contributed by atoms with Gasteiger partial charge in [0.15, 0.2) is 28.8 Å². The number of hydrogen-bond acceptors (Lipinski definition) is 7. The third-order valence-electron chi connectivity index (χ3n) is 4.70. The van der Waals surface area contributed by atoms with E-state index in [9.17, 15) is 15.0 Å².